The summed E-state index contributed by atoms with van der Waals surface area (Å²) in [6.07, 6.45) is 1.81. The first kappa shape index (κ1) is 31.0. The van der Waals surface area contributed by atoms with Crippen molar-refractivity contribution in [1.82, 2.24) is 9.80 Å². The van der Waals surface area contributed by atoms with Crippen molar-refractivity contribution >= 4 is 5.97 Å². The van der Waals surface area contributed by atoms with Gasteiger partial charge in [-0.15, -0.1) is 0 Å². The largest absolute Gasteiger partial charge is 0.497 e. The number of rotatable bonds is 8. The molecule has 0 aromatic heterocycles. The summed E-state index contributed by atoms with van der Waals surface area (Å²) in [5.74, 6) is 2.72. The highest BCUT2D eigenvalue weighted by molar-refractivity contribution is 5.70. The highest BCUT2D eigenvalue weighted by Gasteiger charge is 2.68. The molecule has 48 heavy (non-hydrogen) atoms. The van der Waals surface area contributed by atoms with Crippen LogP contribution < -0.4 is 18.9 Å². The summed E-state index contributed by atoms with van der Waals surface area (Å²) in [7, 11) is 4.97. The van der Waals surface area contributed by atoms with Crippen LogP contribution in [0.4, 0.5) is 0 Å². The molecule has 0 spiro atoms. The lowest BCUT2D eigenvalue weighted by atomic mass is 9.71. The van der Waals surface area contributed by atoms with Gasteiger partial charge < -0.3 is 28.4 Å². The molecule has 0 amide bonds. The Kier molecular flexibility index (Phi) is 7.55. The maximum Gasteiger partial charge on any atom is 0.306 e. The highest BCUT2D eigenvalue weighted by atomic mass is 16.7. The van der Waals surface area contributed by atoms with Gasteiger partial charge in [0.25, 0.3) is 0 Å². The van der Waals surface area contributed by atoms with E-state index in [0.29, 0.717) is 18.1 Å². The molecule has 8 rings (SSSR count). The molecular weight excluding hydrogens is 610 g/mol. The topological polar surface area (TPSA) is 103 Å². The average molecular weight is 652 g/mol. The SMILES string of the molecule is COc1ccc(C(C)CC(=O)OC[C@H]2c3cc4c(cc3C[C@H]3[C@H]5c6cc(OC)c(OC)cc6C6(C)C[C@@H]([C@H](C#N)N23)N56)OCOC4)cc1. The van der Waals surface area contributed by atoms with Gasteiger partial charge in [-0.2, -0.15) is 5.26 Å². The number of benzene rings is 3. The van der Waals surface area contributed by atoms with Crippen LogP contribution in [0.3, 0.4) is 0 Å². The monoisotopic (exact) mass is 651 g/mol. The maximum atomic E-state index is 13.4. The van der Waals surface area contributed by atoms with E-state index in [1.807, 2.05) is 31.2 Å². The molecule has 0 bridgehead atoms. The standard InChI is InChI=1S/C38H41N3O7/c1-21(22-6-8-25(43-3)9-7-22)10-36(42)47-19-32-26-11-24-18-46-20-48-33(24)13-23(26)12-29-37-27-14-34(44-4)35(45-5)15-28(27)38(2)16-30(41(37)38)31(17-39)40(29)32/h6-9,11,13-15,21,29-32,37H,10,12,16,18-20H2,1-5H3/t21?,29-,30-,31-,32-,37+,38?/m0/s1. The Labute approximate surface area is 281 Å². The smallest absolute Gasteiger partial charge is 0.306 e. The molecule has 0 N–H and O–H groups in total. The lowest BCUT2D eigenvalue weighted by Gasteiger charge is -2.65. The predicted molar refractivity (Wildman–Crippen MR) is 175 cm³/mol. The zero-order chi connectivity index (χ0) is 33.3. The van der Waals surface area contributed by atoms with Crippen molar-refractivity contribution < 1.29 is 33.2 Å². The number of carbonyl (C=O) groups excluding carboxylic acids is 1. The van der Waals surface area contributed by atoms with Crippen LogP contribution in [-0.2, 0) is 32.8 Å². The minimum absolute atomic E-state index is 0.0230. The van der Waals surface area contributed by atoms with Crippen LogP contribution in [0.15, 0.2) is 48.5 Å². The molecule has 5 aliphatic heterocycles. The molecule has 0 radical (unpaired) electrons. The Balaban J connectivity index is 1.16. The van der Waals surface area contributed by atoms with Gasteiger partial charge in [-0.05, 0) is 89.9 Å². The van der Waals surface area contributed by atoms with Crippen molar-refractivity contribution in [2.45, 2.75) is 81.4 Å². The Hall–Kier alpha value is -4.30. The molecule has 7 atom stereocenters. The molecule has 250 valence electrons. The average Bonchev–Trinajstić information content (AvgIpc) is 3.31. The van der Waals surface area contributed by atoms with Gasteiger partial charge in [-0.25, -0.2) is 0 Å². The second kappa shape index (κ2) is 11.7. The van der Waals surface area contributed by atoms with E-state index >= 15 is 0 Å². The third-order valence-electron chi connectivity index (χ3n) is 11.4. The van der Waals surface area contributed by atoms with Gasteiger partial charge in [-0.3, -0.25) is 14.6 Å². The van der Waals surface area contributed by atoms with Gasteiger partial charge in [0, 0.05) is 23.2 Å². The van der Waals surface area contributed by atoms with Crippen molar-refractivity contribution in [3.63, 3.8) is 0 Å². The number of ether oxygens (including phenoxy) is 6. The van der Waals surface area contributed by atoms with E-state index in [-0.39, 0.29) is 67.5 Å². The number of nitriles is 1. The Morgan fingerprint density at radius 2 is 1.79 bits per heavy atom. The molecule has 5 heterocycles. The molecule has 2 fully saturated rings. The van der Waals surface area contributed by atoms with E-state index in [1.54, 1.807) is 21.3 Å². The fourth-order valence-corrected chi connectivity index (χ4v) is 9.17. The maximum absolute atomic E-state index is 13.4. The third kappa shape index (κ3) is 4.59. The number of hydrogen-bond acceptors (Lipinski definition) is 10. The fraction of sp³-hybridized carbons (Fsp3) is 0.474. The molecular formula is C38H41N3O7. The minimum atomic E-state index is -0.379. The number of piperazine rings is 1. The van der Waals surface area contributed by atoms with Gasteiger partial charge in [0.05, 0.1) is 52.5 Å². The Morgan fingerprint density at radius 1 is 1.02 bits per heavy atom. The van der Waals surface area contributed by atoms with Gasteiger partial charge in [0.1, 0.15) is 24.1 Å². The summed E-state index contributed by atoms with van der Waals surface area (Å²) < 4.78 is 34.5. The lowest BCUT2D eigenvalue weighted by Crippen LogP contribution is -2.74. The van der Waals surface area contributed by atoms with Crippen LogP contribution in [0.1, 0.15) is 78.1 Å². The van der Waals surface area contributed by atoms with E-state index in [9.17, 15) is 10.1 Å². The van der Waals surface area contributed by atoms with Gasteiger partial charge in [-0.1, -0.05) is 19.1 Å². The first-order valence-corrected chi connectivity index (χ1v) is 16.7. The zero-order valence-corrected chi connectivity index (χ0v) is 28.0. The lowest BCUT2D eigenvalue weighted by molar-refractivity contribution is -0.185. The number of carbonyl (C=O) groups is 1. The molecule has 3 aromatic carbocycles. The molecule has 3 aromatic rings. The van der Waals surface area contributed by atoms with E-state index in [1.165, 1.54) is 11.1 Å². The van der Waals surface area contributed by atoms with Crippen molar-refractivity contribution in [1.29, 1.82) is 5.26 Å². The highest BCUT2D eigenvalue weighted by Crippen LogP contribution is 2.65. The van der Waals surface area contributed by atoms with E-state index in [2.05, 4.69) is 47.1 Å². The summed E-state index contributed by atoms with van der Waals surface area (Å²) in [5.41, 5.74) is 6.46. The minimum Gasteiger partial charge on any atom is -0.497 e. The van der Waals surface area contributed by atoms with E-state index in [0.717, 1.165) is 46.6 Å². The normalized spacial score (nSPS) is 28.5. The summed E-state index contributed by atoms with van der Waals surface area (Å²) in [6.45, 7) is 5.12. The van der Waals surface area contributed by atoms with E-state index < -0.39 is 0 Å². The molecule has 0 saturated carbocycles. The van der Waals surface area contributed by atoms with Crippen LogP contribution in [0, 0.1) is 11.3 Å². The van der Waals surface area contributed by atoms with Gasteiger partial charge in [0.15, 0.2) is 18.3 Å². The van der Waals surface area contributed by atoms with Crippen molar-refractivity contribution in [2.24, 2.45) is 0 Å². The van der Waals surface area contributed by atoms with Crippen LogP contribution in [0.5, 0.6) is 23.0 Å². The second-order valence-electron chi connectivity index (χ2n) is 13.8. The Morgan fingerprint density at radius 3 is 2.52 bits per heavy atom. The van der Waals surface area contributed by atoms with Gasteiger partial charge >= 0.3 is 5.97 Å². The summed E-state index contributed by atoms with van der Waals surface area (Å²) in [6, 6.07) is 18.3. The van der Waals surface area contributed by atoms with E-state index in [4.69, 9.17) is 28.4 Å². The second-order valence-corrected chi connectivity index (χ2v) is 13.8. The fourth-order valence-electron chi connectivity index (χ4n) is 9.17. The summed E-state index contributed by atoms with van der Waals surface area (Å²) in [5, 5.41) is 10.8. The van der Waals surface area contributed by atoms with Crippen molar-refractivity contribution in [3.8, 4) is 29.1 Å². The van der Waals surface area contributed by atoms with Crippen LogP contribution >= 0.6 is 0 Å². The van der Waals surface area contributed by atoms with Crippen molar-refractivity contribution in [2.75, 3.05) is 34.7 Å². The summed E-state index contributed by atoms with van der Waals surface area (Å²) in [4.78, 5) is 18.3. The predicted octanol–water partition coefficient (Wildman–Crippen LogP) is 5.53. The number of hydrogen-bond donors (Lipinski definition) is 0. The third-order valence-corrected chi connectivity index (χ3v) is 11.4. The quantitative estimate of drug-likeness (QED) is 0.289. The number of esters is 1. The van der Waals surface area contributed by atoms with Crippen LogP contribution in [0.25, 0.3) is 0 Å². The van der Waals surface area contributed by atoms with Gasteiger partial charge in [0.2, 0.25) is 0 Å². The first-order chi connectivity index (χ1) is 23.3. The first-order valence-electron chi connectivity index (χ1n) is 16.7. The Bertz CT molecular complexity index is 1810. The van der Waals surface area contributed by atoms with Crippen molar-refractivity contribution in [3.05, 3.63) is 81.9 Å². The molecule has 0 aliphatic carbocycles. The molecule has 2 saturated heterocycles. The van der Waals surface area contributed by atoms with Crippen LogP contribution in [-0.4, -0.2) is 68.6 Å². The molecule has 10 nitrogen and oxygen atoms in total. The summed E-state index contributed by atoms with van der Waals surface area (Å²) >= 11 is 0. The number of fused-ring (bicyclic) bond motifs is 7. The number of methoxy groups -OCH3 is 3. The number of nitrogens with zero attached hydrogens (tertiary/aromatic N) is 3. The zero-order valence-electron chi connectivity index (χ0n) is 28.0. The molecule has 5 aliphatic rings. The van der Waals surface area contributed by atoms with Crippen LogP contribution in [0.2, 0.25) is 0 Å². The molecule has 10 heteroatoms. The molecule has 2 unspecified atom stereocenters.